The van der Waals surface area contributed by atoms with Crippen LogP contribution in [0.5, 0.6) is 0 Å². The molecule has 0 atom stereocenters. The minimum atomic E-state index is -0.282. The Balaban J connectivity index is 2.36. The molecule has 0 aliphatic carbocycles. The number of aryl methyl sites for hydroxylation is 3. The van der Waals surface area contributed by atoms with Gasteiger partial charge in [-0.15, -0.1) is 0 Å². The van der Waals surface area contributed by atoms with Crippen molar-refractivity contribution >= 4 is 0 Å². The topological polar surface area (TPSA) is 30.2 Å². The Morgan fingerprint density at radius 1 is 0.682 bits per heavy atom. The summed E-state index contributed by atoms with van der Waals surface area (Å²) in [5.41, 5.74) is 5.59. The smallest absolute Gasteiger partial charge is 0.339 e. The van der Waals surface area contributed by atoms with Gasteiger partial charge in [0.15, 0.2) is 0 Å². The van der Waals surface area contributed by atoms with E-state index in [2.05, 4.69) is 19.1 Å². The molecule has 0 N–H and O–H groups in total. The van der Waals surface area contributed by atoms with Gasteiger partial charge < -0.3 is 4.42 Å². The average molecular weight is 290 g/mol. The zero-order valence-electron chi connectivity index (χ0n) is 13.0. The van der Waals surface area contributed by atoms with E-state index in [9.17, 15) is 4.79 Å². The Kier molecular flexibility index (Phi) is 3.68. The summed E-state index contributed by atoms with van der Waals surface area (Å²) >= 11 is 0. The van der Waals surface area contributed by atoms with Gasteiger partial charge in [0.1, 0.15) is 5.76 Å². The van der Waals surface area contributed by atoms with E-state index in [1.54, 1.807) is 6.92 Å². The second kappa shape index (κ2) is 5.64. The normalized spacial score (nSPS) is 10.7. The van der Waals surface area contributed by atoms with Crippen LogP contribution in [0.25, 0.3) is 22.5 Å². The number of hydrogen-bond donors (Lipinski definition) is 0. The van der Waals surface area contributed by atoms with Gasteiger partial charge in [0, 0.05) is 16.7 Å². The zero-order chi connectivity index (χ0) is 15.7. The third kappa shape index (κ3) is 2.48. The lowest BCUT2D eigenvalue weighted by atomic mass is 9.94. The first-order valence-corrected chi connectivity index (χ1v) is 7.34. The Morgan fingerprint density at radius 2 is 1.23 bits per heavy atom. The first kappa shape index (κ1) is 14.3. The minimum absolute atomic E-state index is 0.282. The fourth-order valence-electron chi connectivity index (χ4n) is 2.67. The fraction of sp³-hybridized carbons (Fsp3) is 0.150. The van der Waals surface area contributed by atoms with Crippen LogP contribution < -0.4 is 5.63 Å². The molecule has 1 heterocycles. The first-order valence-electron chi connectivity index (χ1n) is 7.34. The van der Waals surface area contributed by atoms with E-state index < -0.39 is 0 Å². The minimum Gasteiger partial charge on any atom is -0.422 e. The third-order valence-corrected chi connectivity index (χ3v) is 3.95. The van der Waals surface area contributed by atoms with Gasteiger partial charge in [-0.2, -0.15) is 0 Å². The predicted octanol–water partition coefficient (Wildman–Crippen LogP) is 4.90. The van der Waals surface area contributed by atoms with Crippen LogP contribution in [0.15, 0.2) is 63.8 Å². The molecule has 22 heavy (non-hydrogen) atoms. The molecule has 0 unspecified atom stereocenters. The van der Waals surface area contributed by atoms with Crippen molar-refractivity contribution < 1.29 is 4.42 Å². The van der Waals surface area contributed by atoms with Gasteiger partial charge in [-0.25, -0.2) is 4.79 Å². The standard InChI is InChI=1S/C20H18O2/c1-13-8-4-6-10-16(13)18-12-15(3)20(21)22-19(18)17-11-7-5-9-14(17)2/h4-12H,1-3H3. The predicted molar refractivity (Wildman–Crippen MR) is 90.1 cm³/mol. The highest BCUT2D eigenvalue weighted by Gasteiger charge is 2.15. The lowest BCUT2D eigenvalue weighted by Gasteiger charge is -2.13. The van der Waals surface area contributed by atoms with Gasteiger partial charge in [-0.05, 0) is 43.5 Å². The largest absolute Gasteiger partial charge is 0.422 e. The number of benzene rings is 2. The van der Waals surface area contributed by atoms with Crippen molar-refractivity contribution in [3.8, 4) is 22.5 Å². The van der Waals surface area contributed by atoms with Gasteiger partial charge in [0.05, 0.1) is 0 Å². The second-order valence-electron chi connectivity index (χ2n) is 5.59. The molecule has 1 aromatic heterocycles. The van der Waals surface area contributed by atoms with Crippen LogP contribution >= 0.6 is 0 Å². The van der Waals surface area contributed by atoms with Gasteiger partial charge in [-0.3, -0.25) is 0 Å². The van der Waals surface area contributed by atoms with Crippen molar-refractivity contribution in [2.24, 2.45) is 0 Å². The second-order valence-corrected chi connectivity index (χ2v) is 5.59. The molecular formula is C20H18O2. The highest BCUT2D eigenvalue weighted by Crippen LogP contribution is 2.34. The molecule has 0 radical (unpaired) electrons. The van der Waals surface area contributed by atoms with Crippen molar-refractivity contribution in [2.45, 2.75) is 20.8 Å². The highest BCUT2D eigenvalue weighted by molar-refractivity contribution is 5.82. The zero-order valence-corrected chi connectivity index (χ0v) is 13.0. The van der Waals surface area contributed by atoms with E-state index in [4.69, 9.17) is 4.42 Å². The summed E-state index contributed by atoms with van der Waals surface area (Å²) in [6, 6.07) is 18.0. The molecule has 110 valence electrons. The van der Waals surface area contributed by atoms with Gasteiger partial charge in [0.2, 0.25) is 0 Å². The molecule has 0 amide bonds. The van der Waals surface area contributed by atoms with Crippen LogP contribution in [0.4, 0.5) is 0 Å². The van der Waals surface area contributed by atoms with E-state index in [1.165, 1.54) is 0 Å². The maximum absolute atomic E-state index is 12.0. The fourth-order valence-corrected chi connectivity index (χ4v) is 2.67. The Labute approximate surface area is 130 Å². The maximum atomic E-state index is 12.0. The van der Waals surface area contributed by atoms with E-state index in [0.717, 1.165) is 27.8 Å². The lowest BCUT2D eigenvalue weighted by molar-refractivity contribution is 0.522. The molecule has 0 fully saturated rings. The summed E-state index contributed by atoms with van der Waals surface area (Å²) in [6.07, 6.45) is 0. The van der Waals surface area contributed by atoms with Crippen LogP contribution in [0.1, 0.15) is 16.7 Å². The van der Waals surface area contributed by atoms with E-state index >= 15 is 0 Å². The Morgan fingerprint density at radius 3 is 1.82 bits per heavy atom. The molecule has 2 heteroatoms. The number of rotatable bonds is 2. The Hall–Kier alpha value is -2.61. The van der Waals surface area contributed by atoms with Crippen LogP contribution in [-0.4, -0.2) is 0 Å². The summed E-state index contributed by atoms with van der Waals surface area (Å²) in [6.45, 7) is 5.88. The molecule has 2 aromatic carbocycles. The van der Waals surface area contributed by atoms with Crippen LogP contribution in [-0.2, 0) is 0 Å². The molecule has 0 saturated carbocycles. The molecule has 3 rings (SSSR count). The summed E-state index contributed by atoms with van der Waals surface area (Å²) in [5.74, 6) is 0.642. The molecular weight excluding hydrogens is 272 g/mol. The monoisotopic (exact) mass is 290 g/mol. The van der Waals surface area contributed by atoms with Crippen molar-refractivity contribution in [1.29, 1.82) is 0 Å². The molecule has 0 aliphatic rings. The van der Waals surface area contributed by atoms with Crippen LogP contribution in [0, 0.1) is 20.8 Å². The van der Waals surface area contributed by atoms with Crippen LogP contribution in [0.2, 0.25) is 0 Å². The molecule has 3 aromatic rings. The summed E-state index contributed by atoms with van der Waals surface area (Å²) in [4.78, 5) is 12.0. The first-order chi connectivity index (χ1) is 10.6. The molecule has 2 nitrogen and oxygen atoms in total. The van der Waals surface area contributed by atoms with Gasteiger partial charge in [-0.1, -0.05) is 48.5 Å². The Bertz CT molecular complexity index is 888. The van der Waals surface area contributed by atoms with Gasteiger partial charge in [0.25, 0.3) is 0 Å². The van der Waals surface area contributed by atoms with E-state index in [1.807, 2.05) is 49.4 Å². The maximum Gasteiger partial charge on any atom is 0.339 e. The SMILES string of the molecule is Cc1ccccc1-c1cc(C)c(=O)oc1-c1ccccc1C. The number of hydrogen-bond acceptors (Lipinski definition) is 2. The molecule has 0 spiro atoms. The lowest BCUT2D eigenvalue weighted by Crippen LogP contribution is -2.05. The average Bonchev–Trinajstić information content (AvgIpc) is 2.51. The summed E-state index contributed by atoms with van der Waals surface area (Å²) in [7, 11) is 0. The quantitative estimate of drug-likeness (QED) is 0.672. The van der Waals surface area contributed by atoms with E-state index in [-0.39, 0.29) is 5.63 Å². The molecule has 0 bridgehead atoms. The van der Waals surface area contributed by atoms with Crippen molar-refractivity contribution in [3.63, 3.8) is 0 Å². The van der Waals surface area contributed by atoms with Gasteiger partial charge >= 0.3 is 5.63 Å². The van der Waals surface area contributed by atoms with E-state index in [0.29, 0.717) is 11.3 Å². The third-order valence-electron chi connectivity index (χ3n) is 3.95. The highest BCUT2D eigenvalue weighted by atomic mass is 16.4. The molecule has 0 saturated heterocycles. The van der Waals surface area contributed by atoms with Crippen molar-refractivity contribution in [1.82, 2.24) is 0 Å². The molecule has 0 aliphatic heterocycles. The summed E-state index contributed by atoms with van der Waals surface area (Å²) in [5, 5.41) is 0. The van der Waals surface area contributed by atoms with Crippen molar-refractivity contribution in [2.75, 3.05) is 0 Å². The van der Waals surface area contributed by atoms with Crippen molar-refractivity contribution in [3.05, 3.63) is 81.7 Å². The summed E-state index contributed by atoms with van der Waals surface area (Å²) < 4.78 is 5.66. The van der Waals surface area contributed by atoms with Crippen LogP contribution in [0.3, 0.4) is 0 Å².